The Morgan fingerprint density at radius 3 is 2.21 bits per heavy atom. The van der Waals surface area contributed by atoms with Crippen molar-refractivity contribution in [3.8, 4) is 16.9 Å². The zero-order chi connectivity index (χ0) is 23.7. The highest BCUT2D eigenvalue weighted by atomic mass is 79.9. The minimum absolute atomic E-state index is 0.0741. The Morgan fingerprint density at radius 2 is 1.53 bits per heavy atom. The minimum atomic E-state index is -0.0741. The Hall–Kier alpha value is -2.93. The van der Waals surface area contributed by atoms with Crippen LogP contribution in [0, 0.1) is 6.92 Å². The maximum Gasteiger partial charge on any atom is 0.200 e. The Kier molecular flexibility index (Phi) is 6.55. The summed E-state index contributed by atoms with van der Waals surface area (Å²) >= 11 is 3.44. The molecule has 0 spiro atoms. The lowest BCUT2D eigenvalue weighted by atomic mass is 10.0. The molecule has 0 radical (unpaired) electrons. The molecule has 0 atom stereocenters. The molecule has 1 fully saturated rings. The molecule has 0 saturated carbocycles. The number of halogens is 1. The van der Waals surface area contributed by atoms with Crippen LogP contribution in [0.2, 0.25) is 0 Å². The summed E-state index contributed by atoms with van der Waals surface area (Å²) in [6, 6.07) is 21.4. The molecule has 0 aliphatic carbocycles. The monoisotopic (exact) mass is 518 g/mol. The van der Waals surface area contributed by atoms with Crippen LogP contribution in [0.5, 0.6) is 5.75 Å². The summed E-state index contributed by atoms with van der Waals surface area (Å²) < 4.78 is 7.16. The van der Waals surface area contributed by atoms with Gasteiger partial charge in [0.05, 0.1) is 16.5 Å². The summed E-state index contributed by atoms with van der Waals surface area (Å²) in [6.07, 6.45) is 0. The lowest BCUT2D eigenvalue weighted by Crippen LogP contribution is -2.45. The largest absolute Gasteiger partial charge is 0.507 e. The van der Waals surface area contributed by atoms with Crippen LogP contribution in [-0.2, 0) is 13.1 Å². The first-order valence-corrected chi connectivity index (χ1v) is 12.3. The van der Waals surface area contributed by atoms with Crippen LogP contribution in [0.3, 0.4) is 0 Å². The Labute approximate surface area is 207 Å². The van der Waals surface area contributed by atoms with E-state index in [-0.39, 0.29) is 11.2 Å². The lowest BCUT2D eigenvalue weighted by molar-refractivity contribution is 0.121. The summed E-state index contributed by atoms with van der Waals surface area (Å²) in [5.74, 6) is 0.720. The Balaban J connectivity index is 1.39. The summed E-state index contributed by atoms with van der Waals surface area (Å²) in [4.78, 5) is 18.2. The second kappa shape index (κ2) is 9.74. The van der Waals surface area contributed by atoms with E-state index >= 15 is 0 Å². The standard InChI is InChI=1S/C28H27BrN2O3/c1-19-26(21-7-9-22(29)10-8-21)27(33)23-11-12-25(32)24(28(23)34-19)18-31-15-13-30(14-16-31)17-20-5-3-2-4-6-20/h2-12,32H,13-18H2,1H3. The molecule has 0 bridgehead atoms. The van der Waals surface area contributed by atoms with Gasteiger partial charge in [-0.15, -0.1) is 0 Å². The first kappa shape index (κ1) is 22.8. The van der Waals surface area contributed by atoms with Gasteiger partial charge in [-0.2, -0.15) is 0 Å². The molecule has 1 aliphatic rings. The number of fused-ring (bicyclic) bond motifs is 1. The fourth-order valence-electron chi connectivity index (χ4n) is 4.69. The van der Waals surface area contributed by atoms with Crippen LogP contribution < -0.4 is 5.43 Å². The van der Waals surface area contributed by atoms with Crippen LogP contribution in [-0.4, -0.2) is 41.1 Å². The van der Waals surface area contributed by atoms with Crippen molar-refractivity contribution in [2.24, 2.45) is 0 Å². The quantitative estimate of drug-likeness (QED) is 0.375. The van der Waals surface area contributed by atoms with Gasteiger partial charge in [0.1, 0.15) is 17.1 Å². The van der Waals surface area contributed by atoms with Gasteiger partial charge in [-0.25, -0.2) is 0 Å². The average molecular weight is 519 g/mol. The molecule has 6 heteroatoms. The van der Waals surface area contributed by atoms with Crippen molar-refractivity contribution in [1.82, 2.24) is 9.80 Å². The maximum atomic E-state index is 13.4. The number of aryl methyl sites for hydroxylation is 1. The summed E-state index contributed by atoms with van der Waals surface area (Å²) in [5, 5.41) is 11.2. The molecule has 5 rings (SSSR count). The second-order valence-corrected chi connectivity index (χ2v) is 9.76. The van der Waals surface area contributed by atoms with Crippen molar-refractivity contribution in [3.63, 3.8) is 0 Å². The molecule has 1 saturated heterocycles. The fourth-order valence-corrected chi connectivity index (χ4v) is 4.95. The van der Waals surface area contributed by atoms with E-state index in [1.54, 1.807) is 12.1 Å². The molecule has 5 nitrogen and oxygen atoms in total. The van der Waals surface area contributed by atoms with E-state index in [1.807, 2.05) is 37.3 Å². The highest BCUT2D eigenvalue weighted by Gasteiger charge is 2.22. The van der Waals surface area contributed by atoms with Gasteiger partial charge in [-0.3, -0.25) is 14.6 Å². The third kappa shape index (κ3) is 4.67. The van der Waals surface area contributed by atoms with Gasteiger partial charge in [0.25, 0.3) is 0 Å². The predicted molar refractivity (Wildman–Crippen MR) is 139 cm³/mol. The molecule has 4 aromatic rings. The first-order valence-electron chi connectivity index (χ1n) is 11.5. The Morgan fingerprint density at radius 1 is 0.882 bits per heavy atom. The molecular weight excluding hydrogens is 492 g/mol. The Bertz CT molecular complexity index is 1360. The smallest absolute Gasteiger partial charge is 0.200 e. The zero-order valence-electron chi connectivity index (χ0n) is 19.1. The van der Waals surface area contributed by atoms with E-state index in [4.69, 9.17) is 4.42 Å². The van der Waals surface area contributed by atoms with Gasteiger partial charge in [-0.05, 0) is 42.3 Å². The van der Waals surface area contributed by atoms with Gasteiger partial charge < -0.3 is 9.52 Å². The van der Waals surface area contributed by atoms with Crippen LogP contribution in [0.1, 0.15) is 16.9 Å². The SMILES string of the molecule is Cc1oc2c(CN3CCN(Cc4ccccc4)CC3)c(O)ccc2c(=O)c1-c1ccc(Br)cc1. The molecule has 174 valence electrons. The van der Waals surface area contributed by atoms with E-state index in [1.165, 1.54) is 5.56 Å². The van der Waals surface area contributed by atoms with Crippen molar-refractivity contribution < 1.29 is 9.52 Å². The van der Waals surface area contributed by atoms with E-state index in [9.17, 15) is 9.90 Å². The second-order valence-electron chi connectivity index (χ2n) is 8.85. The number of rotatable bonds is 5. The number of hydrogen-bond donors (Lipinski definition) is 1. The van der Waals surface area contributed by atoms with E-state index in [0.717, 1.165) is 42.8 Å². The topological polar surface area (TPSA) is 56.9 Å². The van der Waals surface area contributed by atoms with E-state index < -0.39 is 0 Å². The van der Waals surface area contributed by atoms with E-state index in [2.05, 4.69) is 50.0 Å². The molecule has 0 amide bonds. The molecule has 1 aliphatic heterocycles. The first-order chi connectivity index (χ1) is 16.5. The third-order valence-electron chi connectivity index (χ3n) is 6.54. The van der Waals surface area contributed by atoms with Crippen LogP contribution in [0.15, 0.2) is 80.4 Å². The van der Waals surface area contributed by atoms with Gasteiger partial charge in [0, 0.05) is 43.7 Å². The molecule has 3 aromatic carbocycles. The molecular formula is C28H27BrN2O3. The highest BCUT2D eigenvalue weighted by molar-refractivity contribution is 9.10. The number of piperazine rings is 1. The minimum Gasteiger partial charge on any atom is -0.507 e. The lowest BCUT2D eigenvalue weighted by Gasteiger charge is -2.34. The molecule has 1 aromatic heterocycles. The van der Waals surface area contributed by atoms with Crippen LogP contribution in [0.4, 0.5) is 0 Å². The fraction of sp³-hybridized carbons (Fsp3) is 0.250. The van der Waals surface area contributed by atoms with Gasteiger partial charge in [0.15, 0.2) is 0 Å². The van der Waals surface area contributed by atoms with Crippen LogP contribution >= 0.6 is 15.9 Å². The highest BCUT2D eigenvalue weighted by Crippen LogP contribution is 2.31. The number of phenolic OH excluding ortho intramolecular Hbond substituents is 1. The van der Waals surface area contributed by atoms with Gasteiger partial charge in [-0.1, -0.05) is 58.4 Å². The van der Waals surface area contributed by atoms with Gasteiger partial charge in [0.2, 0.25) is 5.43 Å². The number of benzene rings is 3. The van der Waals surface area contributed by atoms with Crippen molar-refractivity contribution in [2.45, 2.75) is 20.0 Å². The molecule has 0 unspecified atom stereocenters. The van der Waals surface area contributed by atoms with E-state index in [0.29, 0.717) is 34.4 Å². The molecule has 34 heavy (non-hydrogen) atoms. The predicted octanol–water partition coefficient (Wildman–Crippen LogP) is 5.55. The van der Waals surface area contributed by atoms with Crippen molar-refractivity contribution in [1.29, 1.82) is 0 Å². The normalized spacial score (nSPS) is 15.1. The summed E-state index contributed by atoms with van der Waals surface area (Å²) in [5.41, 5.74) is 3.79. The average Bonchev–Trinajstić information content (AvgIpc) is 2.84. The third-order valence-corrected chi connectivity index (χ3v) is 7.07. The van der Waals surface area contributed by atoms with Crippen molar-refractivity contribution in [3.05, 3.63) is 98.3 Å². The number of phenols is 1. The number of hydrogen-bond acceptors (Lipinski definition) is 5. The number of nitrogens with zero attached hydrogens (tertiary/aromatic N) is 2. The van der Waals surface area contributed by atoms with Crippen LogP contribution in [0.25, 0.3) is 22.1 Å². The summed E-state index contributed by atoms with van der Waals surface area (Å²) in [6.45, 7) is 7.00. The summed E-state index contributed by atoms with van der Waals surface area (Å²) in [7, 11) is 0. The molecule has 1 N–H and O–H groups in total. The van der Waals surface area contributed by atoms with Crippen molar-refractivity contribution in [2.75, 3.05) is 26.2 Å². The van der Waals surface area contributed by atoms with Crippen molar-refractivity contribution >= 4 is 26.9 Å². The maximum absolute atomic E-state index is 13.4. The zero-order valence-corrected chi connectivity index (χ0v) is 20.7. The number of aromatic hydroxyl groups is 1. The van der Waals surface area contributed by atoms with Gasteiger partial charge >= 0.3 is 0 Å². The molecule has 2 heterocycles.